The third-order valence-electron chi connectivity index (χ3n) is 14.7. The van der Waals surface area contributed by atoms with Gasteiger partial charge < -0.3 is 14.0 Å². The Labute approximate surface area is 285 Å². The molecule has 0 spiro atoms. The number of fused-ring (bicyclic) bond motifs is 5. The number of hydrogen-bond donors (Lipinski definition) is 1. The Morgan fingerprint density at radius 1 is 0.870 bits per heavy atom. The maximum atomic E-state index is 15.3. The zero-order chi connectivity index (χ0) is 35.1. The van der Waals surface area contributed by atoms with E-state index in [4.69, 9.17) is 8.85 Å². The van der Waals surface area contributed by atoms with Gasteiger partial charge in [-0.3, -0.25) is 0 Å². The SMILES string of the molecule is C[C@H](/C=C/[C@@](C)(F)C(C)(C)O)[C@H]1CC[C@H]2C3=CC=C4C[C@@H](O[Si](C)(C)C(C)(C)C)C[C@H](O[Si](C)(C)C(C)(C)C)[C@]4(C)[C@H]3CC[C@]12C. The van der Waals surface area contributed by atoms with E-state index in [-0.39, 0.29) is 39.0 Å². The summed E-state index contributed by atoms with van der Waals surface area (Å²) in [5, 5.41) is 10.7. The zero-order valence-corrected chi connectivity index (χ0v) is 34.7. The van der Waals surface area contributed by atoms with Crippen molar-refractivity contribution in [1.29, 1.82) is 0 Å². The van der Waals surface area contributed by atoms with Gasteiger partial charge in [0.1, 0.15) is 0 Å². The van der Waals surface area contributed by atoms with Crippen molar-refractivity contribution >= 4 is 16.6 Å². The van der Waals surface area contributed by atoms with Gasteiger partial charge in [-0.15, -0.1) is 0 Å². The van der Waals surface area contributed by atoms with Crippen molar-refractivity contribution < 1.29 is 18.3 Å². The van der Waals surface area contributed by atoms with Crippen LogP contribution in [0.1, 0.15) is 122 Å². The van der Waals surface area contributed by atoms with E-state index in [1.165, 1.54) is 32.6 Å². The van der Waals surface area contributed by atoms with E-state index in [0.29, 0.717) is 17.8 Å². The predicted octanol–water partition coefficient (Wildman–Crippen LogP) is 11.6. The lowest BCUT2D eigenvalue weighted by molar-refractivity contribution is -0.0445. The van der Waals surface area contributed by atoms with Crippen LogP contribution in [0.15, 0.2) is 35.5 Å². The summed E-state index contributed by atoms with van der Waals surface area (Å²) in [5.41, 5.74) is 0.189. The van der Waals surface area contributed by atoms with Crippen LogP contribution in [0.2, 0.25) is 36.3 Å². The molecular weight excluding hydrogens is 604 g/mol. The highest BCUT2D eigenvalue weighted by Gasteiger charge is 2.60. The molecule has 4 aliphatic carbocycles. The largest absolute Gasteiger partial charge is 0.414 e. The van der Waals surface area contributed by atoms with Crippen molar-refractivity contribution in [2.45, 2.75) is 181 Å². The van der Waals surface area contributed by atoms with Gasteiger partial charge in [-0.25, -0.2) is 4.39 Å². The van der Waals surface area contributed by atoms with Crippen LogP contribution in [0.25, 0.3) is 0 Å². The second-order valence-electron chi connectivity index (χ2n) is 20.1. The van der Waals surface area contributed by atoms with Gasteiger partial charge >= 0.3 is 0 Å². The van der Waals surface area contributed by atoms with Gasteiger partial charge in [0.25, 0.3) is 0 Å². The molecule has 1 N–H and O–H groups in total. The lowest BCUT2D eigenvalue weighted by Gasteiger charge is -2.59. The molecule has 264 valence electrons. The lowest BCUT2D eigenvalue weighted by atomic mass is 9.49. The van der Waals surface area contributed by atoms with E-state index < -0.39 is 27.9 Å². The minimum atomic E-state index is -2.05. The first kappa shape index (κ1) is 38.3. The molecule has 4 rings (SSSR count). The highest BCUT2D eigenvalue weighted by molar-refractivity contribution is 6.74. The Morgan fingerprint density at radius 2 is 1.43 bits per heavy atom. The lowest BCUT2D eigenvalue weighted by Crippen LogP contribution is -2.58. The van der Waals surface area contributed by atoms with Gasteiger partial charge in [0.2, 0.25) is 0 Å². The Kier molecular flexibility index (Phi) is 10.0. The van der Waals surface area contributed by atoms with Crippen LogP contribution >= 0.6 is 0 Å². The summed E-state index contributed by atoms with van der Waals surface area (Å²) in [5.74, 6) is 1.79. The average molecular weight is 675 g/mol. The molecule has 0 unspecified atom stereocenters. The molecule has 0 aromatic heterocycles. The molecule has 0 saturated heterocycles. The Morgan fingerprint density at radius 3 is 1.98 bits per heavy atom. The van der Waals surface area contributed by atoms with E-state index in [1.807, 2.05) is 0 Å². The normalized spacial score (nSPS) is 36.3. The van der Waals surface area contributed by atoms with E-state index in [2.05, 4.69) is 107 Å². The second-order valence-corrected chi connectivity index (χ2v) is 29.6. The highest BCUT2D eigenvalue weighted by Crippen LogP contribution is 2.67. The van der Waals surface area contributed by atoms with E-state index in [9.17, 15) is 5.11 Å². The topological polar surface area (TPSA) is 38.7 Å². The summed E-state index contributed by atoms with van der Waals surface area (Å²) in [6.07, 6.45) is 15.8. The van der Waals surface area contributed by atoms with Crippen LogP contribution in [0, 0.1) is 34.5 Å². The van der Waals surface area contributed by atoms with Crippen molar-refractivity contribution in [3.63, 3.8) is 0 Å². The number of alkyl halides is 1. The summed E-state index contributed by atoms with van der Waals surface area (Å²) < 4.78 is 30.0. The molecule has 46 heavy (non-hydrogen) atoms. The minimum absolute atomic E-state index is 0.0272. The van der Waals surface area contributed by atoms with Crippen LogP contribution < -0.4 is 0 Å². The molecule has 9 atom stereocenters. The fraction of sp³-hybridized carbons (Fsp3) is 0.850. The van der Waals surface area contributed by atoms with Crippen molar-refractivity contribution in [3.8, 4) is 0 Å². The Bertz CT molecular complexity index is 1230. The molecule has 3 nitrogen and oxygen atoms in total. The second kappa shape index (κ2) is 12.1. The Balaban J connectivity index is 1.69. The van der Waals surface area contributed by atoms with Crippen molar-refractivity contribution in [1.82, 2.24) is 0 Å². The first-order chi connectivity index (χ1) is 20.6. The standard InChI is InChI=1S/C40H71FO3Si2/c1-27(21-24-39(11,41)37(8,9)42)31-19-20-32-30-18-17-28-25-29(43-45(13,14)35(2,3)4)26-34(44-46(15,16)36(5,6)7)40(28,12)33(30)22-23-38(31,32)10/h17-18,21,24,27,29,31-34,42H,19-20,22-23,25-26H2,1-16H3/b24-21+/t27-,29-,31-,32+,33+,34+,38-,39-,40+/m1/s1. The molecule has 0 amide bonds. The molecule has 0 aromatic rings. The van der Waals surface area contributed by atoms with Crippen molar-refractivity contribution in [2.24, 2.45) is 34.5 Å². The molecule has 0 aliphatic heterocycles. The molecular formula is C40H71FO3Si2. The Hall–Kier alpha value is -0.536. The van der Waals surface area contributed by atoms with Crippen molar-refractivity contribution in [2.75, 3.05) is 0 Å². The van der Waals surface area contributed by atoms with E-state index >= 15 is 4.39 Å². The summed E-state index contributed by atoms with van der Waals surface area (Å²) in [4.78, 5) is 0. The average Bonchev–Trinajstić information content (AvgIpc) is 3.23. The van der Waals surface area contributed by atoms with Crippen LogP contribution in [0.5, 0.6) is 0 Å². The van der Waals surface area contributed by atoms with E-state index in [0.717, 1.165) is 12.8 Å². The minimum Gasteiger partial charge on any atom is -0.414 e. The molecule has 0 bridgehead atoms. The van der Waals surface area contributed by atoms with Crippen LogP contribution in [0.3, 0.4) is 0 Å². The summed E-state index contributed by atoms with van der Waals surface area (Å²) in [6, 6.07) is 0. The fourth-order valence-electron chi connectivity index (χ4n) is 8.97. The maximum absolute atomic E-state index is 15.3. The zero-order valence-electron chi connectivity index (χ0n) is 32.7. The fourth-order valence-corrected chi connectivity index (χ4v) is 11.7. The quantitative estimate of drug-likeness (QED) is 0.206. The monoisotopic (exact) mass is 674 g/mol. The van der Waals surface area contributed by atoms with Gasteiger partial charge in [0.05, 0.1) is 17.8 Å². The molecule has 4 aliphatic rings. The van der Waals surface area contributed by atoms with Crippen molar-refractivity contribution in [3.05, 3.63) is 35.5 Å². The predicted molar refractivity (Wildman–Crippen MR) is 199 cm³/mol. The third kappa shape index (κ3) is 6.66. The molecule has 6 heteroatoms. The summed E-state index contributed by atoms with van der Waals surface area (Å²) in [6.45, 7) is 35.7. The number of hydrogen-bond acceptors (Lipinski definition) is 3. The summed E-state index contributed by atoms with van der Waals surface area (Å²) >= 11 is 0. The van der Waals surface area contributed by atoms with Crippen LogP contribution in [-0.2, 0) is 8.85 Å². The molecule has 0 radical (unpaired) electrons. The van der Waals surface area contributed by atoms with Gasteiger partial charge in [-0.2, -0.15) is 0 Å². The molecule has 3 saturated carbocycles. The number of allylic oxidation sites excluding steroid dienone is 4. The van der Waals surface area contributed by atoms with Gasteiger partial charge in [-0.1, -0.05) is 91.7 Å². The van der Waals surface area contributed by atoms with E-state index in [1.54, 1.807) is 31.1 Å². The first-order valence-electron chi connectivity index (χ1n) is 18.5. The molecule has 0 heterocycles. The van der Waals surface area contributed by atoms with Crippen LogP contribution in [0.4, 0.5) is 4.39 Å². The smallest absolute Gasteiger partial charge is 0.192 e. The molecule has 0 aromatic carbocycles. The number of aliphatic hydroxyl groups is 1. The summed E-state index contributed by atoms with van der Waals surface area (Å²) in [7, 11) is -3.99. The first-order valence-corrected chi connectivity index (χ1v) is 24.3. The molecule has 3 fully saturated rings. The van der Waals surface area contributed by atoms with Gasteiger partial charge in [0.15, 0.2) is 22.3 Å². The number of rotatable bonds is 8. The van der Waals surface area contributed by atoms with Gasteiger partial charge in [0, 0.05) is 5.41 Å². The number of halogens is 1. The highest BCUT2D eigenvalue weighted by atomic mass is 28.4. The van der Waals surface area contributed by atoms with Gasteiger partial charge in [-0.05, 0) is 131 Å². The third-order valence-corrected chi connectivity index (χ3v) is 23.7. The van der Waals surface area contributed by atoms with Crippen LogP contribution in [-0.4, -0.2) is 45.2 Å². The maximum Gasteiger partial charge on any atom is 0.192 e.